The number of hydrogen-bond acceptors (Lipinski definition) is 3. The monoisotopic (exact) mass is 333 g/mol. The predicted octanol–water partition coefficient (Wildman–Crippen LogP) is 2.43. The van der Waals surface area contributed by atoms with Crippen LogP contribution in [-0.4, -0.2) is 24.4 Å². The first-order valence-corrected chi connectivity index (χ1v) is 6.84. The number of nitrogens with two attached hydrogens (primary N) is 1. The standard InChI is InChI=1S/C14H20ClN3O2.ClH/c1-8(2)17-14(20)11-5-4-10(15)6-12(11)18-13(19)9(3)7-16;/h4-6,8-9H,7,16H2,1-3H3,(H,17,20)(H,18,19);1H. The van der Waals surface area contributed by atoms with Crippen molar-refractivity contribution in [3.8, 4) is 0 Å². The molecule has 1 atom stereocenters. The fourth-order valence-electron chi connectivity index (χ4n) is 1.52. The van der Waals surface area contributed by atoms with Gasteiger partial charge in [-0.25, -0.2) is 0 Å². The van der Waals surface area contributed by atoms with E-state index in [9.17, 15) is 9.59 Å². The number of carbonyl (C=O) groups excluding carboxylic acids is 2. The van der Waals surface area contributed by atoms with E-state index in [-0.39, 0.29) is 42.7 Å². The number of hydrogen-bond donors (Lipinski definition) is 3. The van der Waals surface area contributed by atoms with Gasteiger partial charge < -0.3 is 16.4 Å². The quantitative estimate of drug-likeness (QED) is 0.773. The van der Waals surface area contributed by atoms with Crippen LogP contribution in [0.4, 0.5) is 5.69 Å². The van der Waals surface area contributed by atoms with Crippen LogP contribution in [-0.2, 0) is 4.79 Å². The number of benzene rings is 1. The Balaban J connectivity index is 0.00000400. The highest BCUT2D eigenvalue weighted by molar-refractivity contribution is 6.31. The van der Waals surface area contributed by atoms with Crippen LogP contribution in [0, 0.1) is 5.92 Å². The van der Waals surface area contributed by atoms with Crippen LogP contribution in [0.2, 0.25) is 5.02 Å². The van der Waals surface area contributed by atoms with Gasteiger partial charge in [0.05, 0.1) is 11.3 Å². The molecule has 1 aromatic rings. The van der Waals surface area contributed by atoms with Gasteiger partial charge in [0, 0.05) is 23.5 Å². The summed E-state index contributed by atoms with van der Waals surface area (Å²) >= 11 is 5.92. The maximum absolute atomic E-state index is 12.1. The Labute approximate surface area is 136 Å². The maximum atomic E-state index is 12.1. The van der Waals surface area contributed by atoms with Crippen molar-refractivity contribution in [2.45, 2.75) is 26.8 Å². The lowest BCUT2D eigenvalue weighted by Gasteiger charge is -2.15. The van der Waals surface area contributed by atoms with Crippen LogP contribution < -0.4 is 16.4 Å². The molecule has 0 aliphatic carbocycles. The molecule has 0 spiro atoms. The van der Waals surface area contributed by atoms with E-state index in [1.807, 2.05) is 13.8 Å². The average Bonchev–Trinajstić information content (AvgIpc) is 2.36. The number of carbonyl (C=O) groups is 2. The van der Waals surface area contributed by atoms with Crippen LogP contribution >= 0.6 is 24.0 Å². The molecule has 0 saturated heterocycles. The summed E-state index contributed by atoms with van der Waals surface area (Å²) in [7, 11) is 0. The van der Waals surface area contributed by atoms with Gasteiger partial charge in [0.25, 0.3) is 5.91 Å². The topological polar surface area (TPSA) is 84.2 Å². The third-order valence-corrected chi connectivity index (χ3v) is 2.94. The molecule has 2 amide bonds. The van der Waals surface area contributed by atoms with Crippen LogP contribution in [0.1, 0.15) is 31.1 Å². The number of halogens is 2. The molecule has 0 aliphatic heterocycles. The van der Waals surface area contributed by atoms with Gasteiger partial charge in [-0.2, -0.15) is 0 Å². The second-order valence-electron chi connectivity index (χ2n) is 4.94. The fourth-order valence-corrected chi connectivity index (χ4v) is 1.69. The third-order valence-electron chi connectivity index (χ3n) is 2.71. The molecule has 1 aromatic carbocycles. The number of amides is 2. The molecule has 118 valence electrons. The molecule has 7 heteroatoms. The first-order chi connectivity index (χ1) is 9.35. The highest BCUT2D eigenvalue weighted by Crippen LogP contribution is 2.22. The SMILES string of the molecule is CC(C)NC(=O)c1ccc(Cl)cc1NC(=O)C(C)CN.Cl. The molecule has 1 unspecified atom stereocenters. The second-order valence-corrected chi connectivity index (χ2v) is 5.38. The molecular formula is C14H21Cl2N3O2. The van der Waals surface area contributed by atoms with E-state index in [4.69, 9.17) is 17.3 Å². The van der Waals surface area contributed by atoms with Gasteiger partial charge in [-0.3, -0.25) is 9.59 Å². The number of nitrogens with one attached hydrogen (secondary N) is 2. The van der Waals surface area contributed by atoms with Gasteiger partial charge >= 0.3 is 0 Å². The summed E-state index contributed by atoms with van der Waals surface area (Å²) in [5, 5.41) is 5.92. The lowest BCUT2D eigenvalue weighted by Crippen LogP contribution is -2.32. The summed E-state index contributed by atoms with van der Waals surface area (Å²) < 4.78 is 0. The van der Waals surface area contributed by atoms with Crippen molar-refractivity contribution < 1.29 is 9.59 Å². The van der Waals surface area contributed by atoms with E-state index in [1.54, 1.807) is 25.1 Å². The summed E-state index contributed by atoms with van der Waals surface area (Å²) in [4.78, 5) is 24.0. The Bertz CT molecular complexity index is 507. The number of anilines is 1. The zero-order chi connectivity index (χ0) is 15.3. The first kappa shape index (κ1) is 19.7. The minimum absolute atomic E-state index is 0. The van der Waals surface area contributed by atoms with E-state index < -0.39 is 0 Å². The lowest BCUT2D eigenvalue weighted by molar-refractivity contribution is -0.119. The molecule has 0 fully saturated rings. The summed E-state index contributed by atoms with van der Waals surface area (Å²) in [5.41, 5.74) is 6.22. The lowest BCUT2D eigenvalue weighted by atomic mass is 10.1. The van der Waals surface area contributed by atoms with Crippen molar-refractivity contribution in [2.24, 2.45) is 11.7 Å². The van der Waals surface area contributed by atoms with Gasteiger partial charge in [-0.05, 0) is 32.0 Å². The fraction of sp³-hybridized carbons (Fsp3) is 0.429. The summed E-state index contributed by atoms with van der Waals surface area (Å²) in [6, 6.07) is 4.75. The zero-order valence-corrected chi connectivity index (χ0v) is 13.8. The average molecular weight is 334 g/mol. The van der Waals surface area contributed by atoms with Crippen molar-refractivity contribution >= 4 is 41.5 Å². The molecule has 0 bridgehead atoms. The van der Waals surface area contributed by atoms with E-state index in [0.29, 0.717) is 16.3 Å². The third kappa shape index (κ3) is 5.91. The Morgan fingerprint density at radius 1 is 1.29 bits per heavy atom. The van der Waals surface area contributed by atoms with Crippen molar-refractivity contribution in [1.29, 1.82) is 0 Å². The van der Waals surface area contributed by atoms with Crippen LogP contribution in [0.25, 0.3) is 0 Å². The van der Waals surface area contributed by atoms with Crippen LogP contribution in [0.3, 0.4) is 0 Å². The Morgan fingerprint density at radius 3 is 2.43 bits per heavy atom. The van der Waals surface area contributed by atoms with Gasteiger partial charge in [0.15, 0.2) is 0 Å². The van der Waals surface area contributed by atoms with Crippen molar-refractivity contribution in [1.82, 2.24) is 5.32 Å². The zero-order valence-electron chi connectivity index (χ0n) is 12.3. The Hall–Kier alpha value is -1.30. The molecular weight excluding hydrogens is 313 g/mol. The molecule has 21 heavy (non-hydrogen) atoms. The maximum Gasteiger partial charge on any atom is 0.253 e. The van der Waals surface area contributed by atoms with Crippen LogP contribution in [0.5, 0.6) is 0 Å². The van der Waals surface area contributed by atoms with E-state index in [0.717, 1.165) is 0 Å². The normalized spacial score (nSPS) is 11.5. The molecule has 0 saturated carbocycles. The molecule has 0 heterocycles. The minimum Gasteiger partial charge on any atom is -0.350 e. The summed E-state index contributed by atoms with van der Waals surface area (Å²) in [5.74, 6) is -0.837. The minimum atomic E-state index is -0.338. The largest absolute Gasteiger partial charge is 0.350 e. The predicted molar refractivity (Wildman–Crippen MR) is 88.2 cm³/mol. The van der Waals surface area contributed by atoms with Crippen LogP contribution in [0.15, 0.2) is 18.2 Å². The highest BCUT2D eigenvalue weighted by Gasteiger charge is 2.17. The van der Waals surface area contributed by atoms with E-state index in [1.165, 1.54) is 0 Å². The van der Waals surface area contributed by atoms with Gasteiger partial charge in [-0.1, -0.05) is 18.5 Å². The van der Waals surface area contributed by atoms with E-state index in [2.05, 4.69) is 10.6 Å². The number of rotatable bonds is 5. The van der Waals surface area contributed by atoms with Crippen molar-refractivity contribution in [3.05, 3.63) is 28.8 Å². The molecule has 1 rings (SSSR count). The van der Waals surface area contributed by atoms with E-state index >= 15 is 0 Å². The van der Waals surface area contributed by atoms with Crippen molar-refractivity contribution in [3.63, 3.8) is 0 Å². The molecule has 4 N–H and O–H groups in total. The highest BCUT2D eigenvalue weighted by atomic mass is 35.5. The molecule has 0 aromatic heterocycles. The van der Waals surface area contributed by atoms with Crippen molar-refractivity contribution in [2.75, 3.05) is 11.9 Å². The smallest absolute Gasteiger partial charge is 0.253 e. The molecule has 0 radical (unpaired) electrons. The molecule has 0 aliphatic rings. The van der Waals surface area contributed by atoms with Gasteiger partial charge in [0.1, 0.15) is 0 Å². The first-order valence-electron chi connectivity index (χ1n) is 6.46. The summed E-state index contributed by atoms with van der Waals surface area (Å²) in [6.45, 7) is 5.68. The molecule has 5 nitrogen and oxygen atoms in total. The van der Waals surface area contributed by atoms with Gasteiger partial charge in [0.2, 0.25) is 5.91 Å². The second kappa shape index (κ2) is 8.87. The Morgan fingerprint density at radius 2 is 1.90 bits per heavy atom. The Kier molecular flexibility index (Phi) is 8.32. The summed E-state index contributed by atoms with van der Waals surface area (Å²) in [6.07, 6.45) is 0. The van der Waals surface area contributed by atoms with Gasteiger partial charge in [-0.15, -0.1) is 12.4 Å².